The number of nitrogens with one attached hydrogen (secondary N) is 1. The molecule has 0 bridgehead atoms. The Morgan fingerprint density at radius 1 is 1.46 bits per heavy atom. The summed E-state index contributed by atoms with van der Waals surface area (Å²) in [6.45, 7) is 4.65. The summed E-state index contributed by atoms with van der Waals surface area (Å²) in [5, 5.41) is 0. The first kappa shape index (κ1) is 8.51. The number of pyridine rings is 1. The molecule has 0 aliphatic carbocycles. The van der Waals surface area contributed by atoms with Crippen molar-refractivity contribution in [1.82, 2.24) is 4.98 Å². The van der Waals surface area contributed by atoms with Gasteiger partial charge in [0.1, 0.15) is 0 Å². The van der Waals surface area contributed by atoms with Gasteiger partial charge < -0.3 is 9.72 Å². The van der Waals surface area contributed by atoms with Crippen molar-refractivity contribution >= 4 is 0 Å². The van der Waals surface area contributed by atoms with E-state index in [0.29, 0.717) is 6.61 Å². The van der Waals surface area contributed by atoms with Crippen LogP contribution in [0.1, 0.15) is 25.1 Å². The van der Waals surface area contributed by atoms with E-state index in [9.17, 15) is 4.79 Å². The van der Waals surface area contributed by atoms with Crippen molar-refractivity contribution in [3.05, 3.63) is 33.7 Å². The highest BCUT2D eigenvalue weighted by Crippen LogP contribution is 2.24. The number of hydrogen-bond donors (Lipinski definition) is 1. The molecule has 0 unspecified atom stereocenters. The molecule has 0 aromatic carbocycles. The van der Waals surface area contributed by atoms with Crippen molar-refractivity contribution in [2.75, 3.05) is 0 Å². The van der Waals surface area contributed by atoms with Gasteiger partial charge in [-0.25, -0.2) is 0 Å². The Morgan fingerprint density at radius 2 is 2.23 bits per heavy atom. The average molecular weight is 179 g/mol. The van der Waals surface area contributed by atoms with E-state index < -0.39 is 0 Å². The van der Waals surface area contributed by atoms with Crippen LogP contribution >= 0.6 is 0 Å². The van der Waals surface area contributed by atoms with Gasteiger partial charge >= 0.3 is 0 Å². The van der Waals surface area contributed by atoms with Crippen molar-refractivity contribution in [3.63, 3.8) is 0 Å². The molecule has 1 aliphatic heterocycles. The van der Waals surface area contributed by atoms with Crippen LogP contribution in [-0.2, 0) is 17.8 Å². The number of H-pyrrole nitrogens is 1. The van der Waals surface area contributed by atoms with E-state index in [4.69, 9.17) is 4.74 Å². The summed E-state index contributed by atoms with van der Waals surface area (Å²) in [4.78, 5) is 13.9. The van der Waals surface area contributed by atoms with E-state index in [-0.39, 0.29) is 11.2 Å². The third-order valence-corrected chi connectivity index (χ3v) is 2.32. The quantitative estimate of drug-likeness (QED) is 0.650. The number of hydrogen-bond acceptors (Lipinski definition) is 2. The second kappa shape index (κ2) is 2.70. The molecule has 70 valence electrons. The molecule has 2 heterocycles. The van der Waals surface area contributed by atoms with Crippen LogP contribution in [0.2, 0.25) is 0 Å². The Morgan fingerprint density at radius 3 is 3.00 bits per heavy atom. The standard InChI is InChI=1S/C10H13NO2/c1-10(2)5-8-7(6-13-10)3-4-9(12)11-8/h3-4H,5-6H2,1-2H3,(H,11,12). The summed E-state index contributed by atoms with van der Waals surface area (Å²) in [5.41, 5.74) is 1.93. The molecular weight excluding hydrogens is 166 g/mol. The SMILES string of the molecule is CC1(C)Cc2[nH]c(=O)ccc2CO1. The van der Waals surface area contributed by atoms with E-state index in [2.05, 4.69) is 4.98 Å². The number of rotatable bonds is 0. The number of aromatic nitrogens is 1. The second-order valence-corrected chi connectivity index (χ2v) is 4.05. The first-order valence-electron chi connectivity index (χ1n) is 4.42. The fourth-order valence-corrected chi connectivity index (χ4v) is 1.59. The Hall–Kier alpha value is -1.09. The molecule has 0 amide bonds. The molecule has 0 fully saturated rings. The van der Waals surface area contributed by atoms with Crippen molar-refractivity contribution in [3.8, 4) is 0 Å². The topological polar surface area (TPSA) is 42.1 Å². The minimum absolute atomic E-state index is 0.0311. The molecule has 1 aromatic heterocycles. The van der Waals surface area contributed by atoms with Crippen LogP contribution in [0.4, 0.5) is 0 Å². The maximum absolute atomic E-state index is 11.1. The fourth-order valence-electron chi connectivity index (χ4n) is 1.59. The van der Waals surface area contributed by atoms with Gasteiger partial charge in [-0.1, -0.05) is 0 Å². The van der Waals surface area contributed by atoms with Crippen LogP contribution in [0.25, 0.3) is 0 Å². The van der Waals surface area contributed by atoms with Gasteiger partial charge in [-0.2, -0.15) is 0 Å². The molecule has 1 N–H and O–H groups in total. The molecular formula is C10H13NO2. The summed E-state index contributed by atoms with van der Waals surface area (Å²) >= 11 is 0. The molecule has 0 saturated heterocycles. The molecule has 2 rings (SSSR count). The Kier molecular flexibility index (Phi) is 1.77. The van der Waals surface area contributed by atoms with Crippen molar-refractivity contribution in [2.24, 2.45) is 0 Å². The van der Waals surface area contributed by atoms with Crippen LogP contribution < -0.4 is 5.56 Å². The van der Waals surface area contributed by atoms with Crippen LogP contribution in [0, 0.1) is 0 Å². The van der Waals surface area contributed by atoms with Crippen molar-refractivity contribution in [1.29, 1.82) is 0 Å². The van der Waals surface area contributed by atoms with Gasteiger partial charge in [-0.05, 0) is 25.5 Å². The van der Waals surface area contributed by atoms with Gasteiger partial charge in [0.2, 0.25) is 5.56 Å². The monoisotopic (exact) mass is 179 g/mol. The molecule has 0 spiro atoms. The lowest BCUT2D eigenvalue weighted by Crippen LogP contribution is -2.33. The van der Waals surface area contributed by atoms with Gasteiger partial charge in [0.15, 0.2) is 0 Å². The van der Waals surface area contributed by atoms with Gasteiger partial charge in [0.05, 0.1) is 12.2 Å². The Labute approximate surface area is 76.7 Å². The lowest BCUT2D eigenvalue weighted by atomic mass is 9.96. The number of aromatic amines is 1. The van der Waals surface area contributed by atoms with E-state index in [1.807, 2.05) is 19.9 Å². The highest BCUT2D eigenvalue weighted by molar-refractivity contribution is 5.22. The lowest BCUT2D eigenvalue weighted by Gasteiger charge is -2.31. The van der Waals surface area contributed by atoms with E-state index in [1.54, 1.807) is 6.07 Å². The van der Waals surface area contributed by atoms with Crippen molar-refractivity contribution in [2.45, 2.75) is 32.5 Å². The summed E-state index contributed by atoms with van der Waals surface area (Å²) in [5.74, 6) is 0. The third kappa shape index (κ3) is 1.65. The second-order valence-electron chi connectivity index (χ2n) is 4.05. The molecule has 0 atom stereocenters. The zero-order valence-electron chi connectivity index (χ0n) is 7.89. The van der Waals surface area contributed by atoms with Gasteiger partial charge in [0.25, 0.3) is 0 Å². The van der Waals surface area contributed by atoms with E-state index in [1.165, 1.54) is 0 Å². The summed E-state index contributed by atoms with van der Waals surface area (Å²) in [7, 11) is 0. The first-order chi connectivity index (χ1) is 6.07. The highest BCUT2D eigenvalue weighted by Gasteiger charge is 2.26. The predicted molar refractivity (Wildman–Crippen MR) is 49.6 cm³/mol. The first-order valence-corrected chi connectivity index (χ1v) is 4.42. The minimum atomic E-state index is -0.155. The maximum atomic E-state index is 11.1. The van der Waals surface area contributed by atoms with Gasteiger partial charge in [-0.15, -0.1) is 0 Å². The molecule has 1 aliphatic rings. The summed E-state index contributed by atoms with van der Waals surface area (Å²) < 4.78 is 5.61. The molecule has 3 heteroatoms. The van der Waals surface area contributed by atoms with Crippen LogP contribution in [0.5, 0.6) is 0 Å². The minimum Gasteiger partial charge on any atom is -0.370 e. The molecule has 1 aromatic rings. The summed E-state index contributed by atoms with van der Waals surface area (Å²) in [6, 6.07) is 3.38. The zero-order valence-corrected chi connectivity index (χ0v) is 7.89. The Bertz CT molecular complexity index is 379. The smallest absolute Gasteiger partial charge is 0.248 e. The maximum Gasteiger partial charge on any atom is 0.248 e. The molecule has 0 radical (unpaired) electrons. The normalized spacial score (nSPS) is 19.5. The van der Waals surface area contributed by atoms with Crippen molar-refractivity contribution < 1.29 is 4.74 Å². The zero-order chi connectivity index (χ0) is 9.47. The number of fused-ring (bicyclic) bond motifs is 1. The largest absolute Gasteiger partial charge is 0.370 e. The van der Waals surface area contributed by atoms with Crippen LogP contribution in [0.15, 0.2) is 16.9 Å². The van der Waals surface area contributed by atoms with Crippen LogP contribution in [0.3, 0.4) is 0 Å². The fraction of sp³-hybridized carbons (Fsp3) is 0.500. The third-order valence-electron chi connectivity index (χ3n) is 2.32. The van der Waals surface area contributed by atoms with Gasteiger partial charge in [0, 0.05) is 18.2 Å². The predicted octanol–water partition coefficient (Wildman–Crippen LogP) is 1.23. The summed E-state index contributed by atoms with van der Waals surface area (Å²) in [6.07, 6.45) is 0.776. The van der Waals surface area contributed by atoms with Gasteiger partial charge in [-0.3, -0.25) is 4.79 Å². The lowest BCUT2D eigenvalue weighted by molar-refractivity contribution is -0.0413. The highest BCUT2D eigenvalue weighted by atomic mass is 16.5. The number of ether oxygens (including phenoxy) is 1. The van der Waals surface area contributed by atoms with E-state index in [0.717, 1.165) is 17.7 Å². The average Bonchev–Trinajstić information content (AvgIpc) is 2.01. The Balaban J connectivity index is 2.44. The molecule has 13 heavy (non-hydrogen) atoms. The van der Waals surface area contributed by atoms with Crippen LogP contribution in [-0.4, -0.2) is 10.6 Å². The van der Waals surface area contributed by atoms with E-state index >= 15 is 0 Å². The molecule has 3 nitrogen and oxygen atoms in total. The molecule has 0 saturated carbocycles.